The second kappa shape index (κ2) is 4.58. The maximum atomic E-state index is 12.1. The number of nitrogens with zero attached hydrogens (tertiary/aromatic N) is 2. The number of H-pyrrole nitrogens is 1. The number of carbonyl (C=O) groups excluding carboxylic acids is 1. The molecule has 2 heterocycles. The molecule has 0 aliphatic carbocycles. The maximum Gasteiger partial charge on any atom is 0.276 e. The Morgan fingerprint density at radius 2 is 2.00 bits per heavy atom. The van der Waals surface area contributed by atoms with Gasteiger partial charge in [0, 0.05) is 13.1 Å². The number of hydrogen-bond donors (Lipinski definition) is 4. The van der Waals surface area contributed by atoms with Crippen molar-refractivity contribution in [3.05, 3.63) is 11.4 Å². The maximum absolute atomic E-state index is 12.1. The van der Waals surface area contributed by atoms with E-state index in [0.29, 0.717) is 5.69 Å². The van der Waals surface area contributed by atoms with E-state index in [1.165, 1.54) is 4.90 Å². The zero-order valence-corrected chi connectivity index (χ0v) is 10.4. The van der Waals surface area contributed by atoms with Crippen LogP contribution in [0.2, 0.25) is 0 Å². The van der Waals surface area contributed by atoms with E-state index in [1.807, 2.05) is 13.8 Å². The number of nitrogens with two attached hydrogens (primary N) is 1. The van der Waals surface area contributed by atoms with Crippen LogP contribution in [0.4, 0.5) is 5.69 Å². The fourth-order valence-corrected chi connectivity index (χ4v) is 2.05. The number of aromatic amines is 1. The van der Waals surface area contributed by atoms with Crippen molar-refractivity contribution in [1.82, 2.24) is 15.1 Å². The molecule has 1 aliphatic rings. The summed E-state index contributed by atoms with van der Waals surface area (Å²) in [4.78, 5) is 13.5. The predicted molar refractivity (Wildman–Crippen MR) is 65.0 cm³/mol. The van der Waals surface area contributed by atoms with Crippen molar-refractivity contribution in [3.63, 3.8) is 0 Å². The van der Waals surface area contributed by atoms with Crippen molar-refractivity contribution in [1.29, 1.82) is 0 Å². The molecule has 1 aliphatic heterocycles. The number of aliphatic hydroxyl groups is 2. The molecule has 18 heavy (non-hydrogen) atoms. The van der Waals surface area contributed by atoms with Crippen LogP contribution in [0.3, 0.4) is 0 Å². The van der Waals surface area contributed by atoms with Crippen LogP contribution < -0.4 is 5.73 Å². The van der Waals surface area contributed by atoms with E-state index in [9.17, 15) is 15.0 Å². The van der Waals surface area contributed by atoms with Crippen molar-refractivity contribution in [2.24, 2.45) is 0 Å². The molecule has 0 aromatic carbocycles. The van der Waals surface area contributed by atoms with Gasteiger partial charge >= 0.3 is 0 Å². The monoisotopic (exact) mass is 254 g/mol. The lowest BCUT2D eigenvalue weighted by Gasteiger charge is -2.14. The fraction of sp³-hybridized carbons (Fsp3) is 0.636. The van der Waals surface area contributed by atoms with E-state index in [-0.39, 0.29) is 30.6 Å². The van der Waals surface area contributed by atoms with Crippen molar-refractivity contribution >= 4 is 11.6 Å². The molecule has 7 nitrogen and oxygen atoms in total. The number of aromatic nitrogens is 2. The second-order valence-corrected chi connectivity index (χ2v) is 4.90. The molecule has 1 fully saturated rings. The van der Waals surface area contributed by atoms with E-state index >= 15 is 0 Å². The van der Waals surface area contributed by atoms with E-state index in [1.54, 1.807) is 0 Å². The Bertz CT molecular complexity index is 447. The molecule has 2 rings (SSSR count). The molecule has 7 heteroatoms. The average Bonchev–Trinajstić information content (AvgIpc) is 2.82. The number of likely N-dealkylation sites (tertiary alicyclic amines) is 1. The van der Waals surface area contributed by atoms with Crippen LogP contribution in [-0.2, 0) is 0 Å². The summed E-state index contributed by atoms with van der Waals surface area (Å²) in [5.74, 6) is -0.222. The zero-order valence-electron chi connectivity index (χ0n) is 10.4. The summed E-state index contributed by atoms with van der Waals surface area (Å²) in [7, 11) is 0. The summed E-state index contributed by atoms with van der Waals surface area (Å²) in [5, 5.41) is 25.5. The third kappa shape index (κ3) is 2.06. The molecule has 0 saturated carbocycles. The van der Waals surface area contributed by atoms with Crippen LogP contribution >= 0.6 is 0 Å². The van der Waals surface area contributed by atoms with Gasteiger partial charge in [0.1, 0.15) is 0 Å². The number of rotatable bonds is 2. The van der Waals surface area contributed by atoms with Gasteiger partial charge in [-0.05, 0) is 5.92 Å². The summed E-state index contributed by atoms with van der Waals surface area (Å²) < 4.78 is 0. The lowest BCUT2D eigenvalue weighted by Crippen LogP contribution is -2.30. The minimum absolute atomic E-state index is 0.101. The lowest BCUT2D eigenvalue weighted by molar-refractivity contribution is 0.0572. The summed E-state index contributed by atoms with van der Waals surface area (Å²) in [6.07, 6.45) is -1.81. The van der Waals surface area contributed by atoms with Gasteiger partial charge in [-0.2, -0.15) is 5.10 Å². The van der Waals surface area contributed by atoms with Gasteiger partial charge in [0.05, 0.1) is 23.6 Å². The molecule has 0 spiro atoms. The molecule has 5 N–H and O–H groups in total. The van der Waals surface area contributed by atoms with E-state index in [4.69, 9.17) is 5.73 Å². The third-order valence-electron chi connectivity index (χ3n) is 3.16. The molecule has 2 unspecified atom stereocenters. The number of amides is 1. The quantitative estimate of drug-likeness (QED) is 0.556. The summed E-state index contributed by atoms with van der Waals surface area (Å²) >= 11 is 0. The Balaban J connectivity index is 2.20. The number of β-amino-alcohol motifs (C(OH)–C–C–N with tert-alkyl or cyclic N) is 2. The largest absolute Gasteiger partial charge is 0.395 e. The van der Waals surface area contributed by atoms with Gasteiger partial charge in [-0.25, -0.2) is 0 Å². The average molecular weight is 254 g/mol. The Morgan fingerprint density at radius 1 is 1.44 bits per heavy atom. The van der Waals surface area contributed by atoms with E-state index < -0.39 is 12.2 Å². The highest BCUT2D eigenvalue weighted by molar-refractivity contribution is 5.98. The normalized spacial score (nSPS) is 23.9. The van der Waals surface area contributed by atoms with Gasteiger partial charge in [0.2, 0.25) is 0 Å². The third-order valence-corrected chi connectivity index (χ3v) is 3.16. The number of aliphatic hydroxyl groups excluding tert-OH is 2. The molecule has 2 atom stereocenters. The van der Waals surface area contributed by atoms with E-state index in [0.717, 1.165) is 5.69 Å². The standard InChI is InChI=1S/C11H18N4O3/c1-5(2)9-8(12)10(14-13-9)11(18)15-3-6(16)7(17)4-15/h5-7,16-17H,3-4,12H2,1-2H3,(H,13,14). The van der Waals surface area contributed by atoms with Crippen LogP contribution in [0.5, 0.6) is 0 Å². The van der Waals surface area contributed by atoms with Crippen molar-refractivity contribution < 1.29 is 15.0 Å². The minimum Gasteiger partial charge on any atom is -0.395 e. The molecule has 0 bridgehead atoms. The van der Waals surface area contributed by atoms with Gasteiger partial charge in [-0.15, -0.1) is 0 Å². The van der Waals surface area contributed by atoms with Crippen molar-refractivity contribution in [3.8, 4) is 0 Å². The highest BCUT2D eigenvalue weighted by atomic mass is 16.3. The van der Waals surface area contributed by atoms with Gasteiger partial charge in [0.25, 0.3) is 5.91 Å². The number of hydrogen-bond acceptors (Lipinski definition) is 5. The molecule has 0 radical (unpaired) electrons. The van der Waals surface area contributed by atoms with Crippen LogP contribution in [0.25, 0.3) is 0 Å². The summed E-state index contributed by atoms with van der Waals surface area (Å²) in [5.41, 5.74) is 7.09. The van der Waals surface area contributed by atoms with Gasteiger partial charge < -0.3 is 20.8 Å². The minimum atomic E-state index is -0.904. The molecule has 1 aromatic rings. The number of nitrogens with one attached hydrogen (secondary N) is 1. The van der Waals surface area contributed by atoms with Gasteiger partial charge in [-0.1, -0.05) is 13.8 Å². The molecule has 1 amide bonds. The Morgan fingerprint density at radius 3 is 2.44 bits per heavy atom. The first-order chi connectivity index (χ1) is 8.41. The first kappa shape index (κ1) is 12.8. The van der Waals surface area contributed by atoms with Gasteiger partial charge in [-0.3, -0.25) is 9.89 Å². The zero-order chi connectivity index (χ0) is 13.4. The SMILES string of the molecule is CC(C)c1[nH]nc(C(=O)N2CC(O)C(O)C2)c1N. The molecular weight excluding hydrogens is 236 g/mol. The van der Waals surface area contributed by atoms with E-state index in [2.05, 4.69) is 10.2 Å². The lowest BCUT2D eigenvalue weighted by atomic mass is 10.1. The Labute approximate surface area is 105 Å². The smallest absolute Gasteiger partial charge is 0.276 e. The summed E-state index contributed by atoms with van der Waals surface area (Å²) in [6, 6.07) is 0. The highest BCUT2D eigenvalue weighted by Crippen LogP contribution is 2.24. The second-order valence-electron chi connectivity index (χ2n) is 4.90. The molecule has 100 valence electrons. The molecule has 1 saturated heterocycles. The van der Waals surface area contributed by atoms with Crippen LogP contribution in [0.1, 0.15) is 35.9 Å². The summed E-state index contributed by atoms with van der Waals surface area (Å²) in [6.45, 7) is 4.09. The molecular formula is C11H18N4O3. The first-order valence-corrected chi connectivity index (χ1v) is 5.91. The van der Waals surface area contributed by atoms with Gasteiger partial charge in [0.15, 0.2) is 5.69 Å². The Kier molecular flexibility index (Phi) is 3.27. The highest BCUT2D eigenvalue weighted by Gasteiger charge is 2.34. The number of anilines is 1. The number of nitrogen functional groups attached to an aromatic ring is 1. The first-order valence-electron chi connectivity index (χ1n) is 5.91. The van der Waals surface area contributed by atoms with Crippen LogP contribution in [0.15, 0.2) is 0 Å². The van der Waals surface area contributed by atoms with Crippen LogP contribution in [0, 0.1) is 0 Å². The Hall–Kier alpha value is -1.60. The van der Waals surface area contributed by atoms with Crippen LogP contribution in [-0.4, -0.2) is 56.5 Å². The van der Waals surface area contributed by atoms with Crippen molar-refractivity contribution in [2.75, 3.05) is 18.8 Å². The topological polar surface area (TPSA) is 115 Å². The van der Waals surface area contributed by atoms with Crippen molar-refractivity contribution in [2.45, 2.75) is 32.0 Å². The predicted octanol–water partition coefficient (Wildman–Crippen LogP) is -0.707. The fourth-order valence-electron chi connectivity index (χ4n) is 2.05. The number of carbonyl (C=O) groups is 1. The molecule has 1 aromatic heterocycles.